The average molecular weight is 513 g/mol. The summed E-state index contributed by atoms with van der Waals surface area (Å²) in [5, 5.41) is 11.0. The molecule has 0 atom stereocenters. The maximum Gasteiger partial charge on any atom is 0.304 e. The van der Waals surface area contributed by atoms with Crippen molar-refractivity contribution in [2.45, 2.75) is 17.1 Å². The summed E-state index contributed by atoms with van der Waals surface area (Å²) >= 11 is 3.63. The van der Waals surface area contributed by atoms with E-state index in [9.17, 15) is 4.79 Å². The number of hydrogen-bond acceptors (Lipinski definition) is 6. The topological polar surface area (TPSA) is 43.8 Å². The molecule has 2 rings (SSSR count). The van der Waals surface area contributed by atoms with Crippen LogP contribution in [0.3, 0.4) is 0 Å². The van der Waals surface area contributed by atoms with E-state index in [0.29, 0.717) is 0 Å². The molecule has 2 heterocycles. The van der Waals surface area contributed by atoms with Crippen LogP contribution in [0.2, 0.25) is 10.6 Å². The monoisotopic (exact) mass is 514 g/mol. The number of nitrogens with zero attached hydrogens (tertiary/aromatic N) is 2. The number of carboxylic acid groups (broad SMARTS) is 1. The van der Waals surface area contributed by atoms with Crippen molar-refractivity contribution < 1.29 is 9.90 Å². The second-order valence-electron chi connectivity index (χ2n) is 5.03. The van der Waals surface area contributed by atoms with Crippen molar-refractivity contribution in [2.75, 3.05) is 63.8 Å². The van der Waals surface area contributed by atoms with Crippen molar-refractivity contribution in [1.82, 2.24) is 9.80 Å². The van der Waals surface area contributed by atoms with E-state index in [0.717, 1.165) is 32.0 Å². The molecule has 0 aromatic rings. The smallest absolute Gasteiger partial charge is 0.304 e. The minimum Gasteiger partial charge on any atom is -0.481 e. The number of carbonyl (C=O) groups is 1. The molecule has 1 N–H and O–H groups in total. The Kier molecular flexibility index (Phi) is 19.5. The summed E-state index contributed by atoms with van der Waals surface area (Å²) in [5.74, 6) is 2.59. The summed E-state index contributed by atoms with van der Waals surface area (Å²) in [7, 11) is 8.41. The van der Waals surface area contributed by atoms with Gasteiger partial charge in [0.15, 0.2) is 0 Å². The Bertz CT molecular complexity index is 259. The molecule has 0 amide bonds. The van der Waals surface area contributed by atoms with Crippen LogP contribution in [0.4, 0.5) is 0 Å². The fourth-order valence-corrected chi connectivity index (χ4v) is 10.3. The third-order valence-electron chi connectivity index (χ3n) is 2.91. The number of rotatable bonds is 3. The second-order valence-corrected chi connectivity index (χ2v) is 16.6. The predicted octanol–water partition coefficient (Wildman–Crippen LogP) is 2.23. The molecule has 0 aliphatic carbocycles. The Morgan fingerprint density at radius 2 is 1.52 bits per heavy atom. The van der Waals surface area contributed by atoms with E-state index in [1.165, 1.54) is 48.3 Å². The Balaban J connectivity index is 0.000000317. The van der Waals surface area contributed by atoms with Gasteiger partial charge < -0.3 is 10.0 Å². The summed E-state index contributed by atoms with van der Waals surface area (Å²) in [6.45, 7) is 5.25. The molecule has 4 nitrogen and oxygen atoms in total. The molecule has 0 aromatic carbocycles. The van der Waals surface area contributed by atoms with Crippen molar-refractivity contribution in [2.24, 2.45) is 0 Å². The number of carboxylic acids is 1. The van der Waals surface area contributed by atoms with Crippen LogP contribution in [0.15, 0.2) is 0 Å². The minimum absolute atomic E-state index is 0.279. The Morgan fingerprint density at radius 3 is 1.91 bits per heavy atom. The number of aliphatic carboxylic acids is 1. The van der Waals surface area contributed by atoms with Crippen molar-refractivity contribution >= 4 is 65.6 Å². The summed E-state index contributed by atoms with van der Waals surface area (Å²) < 4.78 is 0. The van der Waals surface area contributed by atoms with Crippen LogP contribution in [0.1, 0.15) is 6.42 Å². The van der Waals surface area contributed by atoms with E-state index in [4.69, 9.17) is 5.11 Å². The maximum atomic E-state index is 9.74. The van der Waals surface area contributed by atoms with Gasteiger partial charge in [-0.3, -0.25) is 4.79 Å². The first-order valence-corrected chi connectivity index (χ1v) is 18.3. The third kappa shape index (κ3) is 19.6. The predicted molar refractivity (Wildman–Crippen MR) is 112 cm³/mol. The van der Waals surface area contributed by atoms with Gasteiger partial charge in [-0.15, -0.1) is 0 Å². The van der Waals surface area contributed by atoms with Crippen LogP contribution in [-0.2, 0) is 4.79 Å². The van der Waals surface area contributed by atoms with Crippen LogP contribution in [0.5, 0.6) is 0 Å². The molecule has 138 valence electrons. The van der Waals surface area contributed by atoms with Crippen LogP contribution in [-0.4, -0.2) is 111 Å². The molecule has 0 saturated carbocycles. The van der Waals surface area contributed by atoms with Gasteiger partial charge in [-0.05, 0) is 13.3 Å². The fraction of sp³-hybridized carbons (Fsp3) is 0.929. The summed E-state index contributed by atoms with van der Waals surface area (Å²) in [6, 6.07) is 0. The Morgan fingerprint density at radius 1 is 1.04 bits per heavy atom. The van der Waals surface area contributed by atoms with Gasteiger partial charge in [0, 0.05) is 30.3 Å². The largest absolute Gasteiger partial charge is 0.481 e. The molecule has 2 aliphatic heterocycles. The molecule has 2 aliphatic rings. The van der Waals surface area contributed by atoms with Crippen LogP contribution in [0.25, 0.3) is 0 Å². The standard InChI is InChI=1S/C5H11NS2.C5H11NSe2.C4H8O2S/c2*1-6-2-4-7-8-5-3-6;1-7-3-2-4(5)6/h2*2-5H2,1H3;2-3H2,1H3,(H,5,6). The maximum absolute atomic E-state index is 9.74. The van der Waals surface area contributed by atoms with E-state index in [1.54, 1.807) is 11.8 Å². The van der Waals surface area contributed by atoms with Crippen LogP contribution in [0, 0.1) is 0 Å². The van der Waals surface area contributed by atoms with Crippen molar-refractivity contribution in [3.05, 3.63) is 0 Å². The molecule has 9 heteroatoms. The Labute approximate surface area is 165 Å². The molecule has 0 spiro atoms. The first-order chi connectivity index (χ1) is 11.1. The summed E-state index contributed by atoms with van der Waals surface area (Å²) in [5.41, 5.74) is 0. The zero-order chi connectivity index (χ0) is 17.3. The first kappa shape index (κ1) is 24.5. The molecular formula is C14H30N2O2S3Se2. The van der Waals surface area contributed by atoms with E-state index < -0.39 is 5.97 Å². The summed E-state index contributed by atoms with van der Waals surface area (Å²) in [4.78, 5) is 14.6. The zero-order valence-electron chi connectivity index (χ0n) is 14.4. The van der Waals surface area contributed by atoms with Crippen LogP contribution < -0.4 is 0 Å². The van der Waals surface area contributed by atoms with E-state index in [-0.39, 0.29) is 6.42 Å². The normalized spacial score (nSPS) is 20.1. The quantitative estimate of drug-likeness (QED) is 0.460. The van der Waals surface area contributed by atoms with Gasteiger partial charge in [-0.25, -0.2) is 0 Å². The van der Waals surface area contributed by atoms with Gasteiger partial charge in [0.05, 0.1) is 6.42 Å². The molecular weight excluding hydrogens is 482 g/mol. The average Bonchev–Trinajstić information content (AvgIpc) is 2.90. The van der Waals surface area contributed by atoms with Gasteiger partial charge in [-0.1, -0.05) is 21.6 Å². The van der Waals surface area contributed by atoms with Crippen molar-refractivity contribution in [3.63, 3.8) is 0 Å². The Hall–Kier alpha value is 1.48. The molecule has 0 unspecified atom stereocenters. The van der Waals surface area contributed by atoms with Gasteiger partial charge in [0.25, 0.3) is 0 Å². The van der Waals surface area contributed by atoms with Crippen LogP contribution >= 0.6 is 33.3 Å². The van der Waals surface area contributed by atoms with Gasteiger partial charge >= 0.3 is 67.9 Å². The van der Waals surface area contributed by atoms with Gasteiger partial charge in [0.1, 0.15) is 0 Å². The number of hydrogen-bond donors (Lipinski definition) is 1. The SMILES string of the molecule is CN1CCSSCC1.CN1CC[Se][Se]CC1.CSCCC(=O)O. The van der Waals surface area contributed by atoms with E-state index in [1.807, 2.05) is 27.8 Å². The molecule has 0 radical (unpaired) electrons. The molecule has 2 saturated heterocycles. The van der Waals surface area contributed by atoms with E-state index in [2.05, 4.69) is 23.9 Å². The van der Waals surface area contributed by atoms with Crippen molar-refractivity contribution in [1.29, 1.82) is 0 Å². The fourth-order valence-electron chi connectivity index (χ4n) is 1.42. The molecule has 0 bridgehead atoms. The zero-order valence-corrected chi connectivity index (χ0v) is 20.2. The second kappa shape index (κ2) is 18.3. The molecule has 23 heavy (non-hydrogen) atoms. The molecule has 2 fully saturated rings. The first-order valence-electron chi connectivity index (χ1n) is 7.63. The third-order valence-corrected chi connectivity index (χ3v) is 13.2. The van der Waals surface area contributed by atoms with Crippen molar-refractivity contribution in [3.8, 4) is 0 Å². The van der Waals surface area contributed by atoms with Gasteiger partial charge in [0.2, 0.25) is 0 Å². The number of thioether (sulfide) groups is 1. The minimum atomic E-state index is -0.714. The molecule has 0 aromatic heterocycles. The van der Waals surface area contributed by atoms with E-state index >= 15 is 0 Å². The summed E-state index contributed by atoms with van der Waals surface area (Å²) in [6.07, 6.45) is 2.17. The van der Waals surface area contributed by atoms with Gasteiger partial charge in [-0.2, -0.15) is 11.8 Å².